The predicted octanol–water partition coefficient (Wildman–Crippen LogP) is 4.56. The van der Waals surface area contributed by atoms with E-state index >= 15 is 0 Å². The maximum atomic E-state index is 12.3. The Kier molecular flexibility index (Phi) is 5.36. The number of rotatable bonds is 5. The summed E-state index contributed by atoms with van der Waals surface area (Å²) < 4.78 is 5.73. The number of Topliss-reactive ketones (excluding diaryl/α,β-unsaturated/α-hetero) is 1. The molecular weight excluding hydrogens is 338 g/mol. The van der Waals surface area contributed by atoms with E-state index in [9.17, 15) is 9.59 Å². The number of ether oxygens (including phenoxy) is 1. The molecule has 0 aromatic heterocycles. The molecule has 2 aromatic carbocycles. The Morgan fingerprint density at radius 2 is 1.85 bits per heavy atom. The maximum absolute atomic E-state index is 12.3. The lowest BCUT2D eigenvalue weighted by molar-refractivity contribution is -0.123. The summed E-state index contributed by atoms with van der Waals surface area (Å²) in [6.07, 6.45) is 0.507. The average Bonchev–Trinajstić information content (AvgIpc) is 2.92. The summed E-state index contributed by atoms with van der Waals surface area (Å²) in [4.78, 5) is 24.7. The minimum atomic E-state index is -0.200. The van der Waals surface area contributed by atoms with Gasteiger partial charge in [0.05, 0.1) is 11.6 Å². The van der Waals surface area contributed by atoms with Crippen molar-refractivity contribution in [3.8, 4) is 5.75 Å². The van der Waals surface area contributed by atoms with Gasteiger partial charge in [0.2, 0.25) is 0 Å². The Bertz CT molecular complexity index is 901. The Hall–Kier alpha value is -2.62. The van der Waals surface area contributed by atoms with Crippen molar-refractivity contribution in [2.75, 3.05) is 6.61 Å². The van der Waals surface area contributed by atoms with E-state index in [4.69, 9.17) is 4.74 Å². The highest BCUT2D eigenvalue weighted by Gasteiger charge is 2.31. The van der Waals surface area contributed by atoms with Gasteiger partial charge >= 0.3 is 0 Å². The standard InChI is InChI=1S/C23H27NO3/c1-13-6-8-18(10-15(13)3)17(5)24-21(26)12-27-20-9-7-14(2)22-16(4)11-19(25)23(20)22/h6-10,16-17H,11-12H2,1-5H3,(H,24,26)/t16-,17-/m1/s1. The van der Waals surface area contributed by atoms with E-state index in [0.29, 0.717) is 17.7 Å². The summed E-state index contributed by atoms with van der Waals surface area (Å²) >= 11 is 0. The molecule has 0 bridgehead atoms. The number of ketones is 1. The van der Waals surface area contributed by atoms with E-state index < -0.39 is 0 Å². The van der Waals surface area contributed by atoms with Crippen molar-refractivity contribution in [1.29, 1.82) is 0 Å². The van der Waals surface area contributed by atoms with Crippen LogP contribution >= 0.6 is 0 Å². The molecule has 142 valence electrons. The third-order valence-corrected chi connectivity index (χ3v) is 5.46. The molecule has 0 fully saturated rings. The maximum Gasteiger partial charge on any atom is 0.258 e. The Balaban J connectivity index is 1.66. The van der Waals surface area contributed by atoms with Crippen LogP contribution in [0.3, 0.4) is 0 Å². The quantitative estimate of drug-likeness (QED) is 0.845. The van der Waals surface area contributed by atoms with Crippen LogP contribution in [0.25, 0.3) is 0 Å². The van der Waals surface area contributed by atoms with Gasteiger partial charge in [-0.3, -0.25) is 9.59 Å². The number of benzene rings is 2. The first-order chi connectivity index (χ1) is 12.8. The second-order valence-corrected chi connectivity index (χ2v) is 7.62. The zero-order valence-electron chi connectivity index (χ0n) is 16.7. The van der Waals surface area contributed by atoms with Gasteiger partial charge in [-0.1, -0.05) is 31.2 Å². The van der Waals surface area contributed by atoms with Gasteiger partial charge in [0.25, 0.3) is 5.91 Å². The van der Waals surface area contributed by atoms with Crippen molar-refractivity contribution < 1.29 is 14.3 Å². The summed E-state index contributed by atoms with van der Waals surface area (Å²) in [6, 6.07) is 9.83. The van der Waals surface area contributed by atoms with Gasteiger partial charge in [-0.25, -0.2) is 0 Å². The fraction of sp³-hybridized carbons (Fsp3) is 0.391. The molecule has 0 saturated carbocycles. The molecule has 1 aliphatic rings. The number of fused-ring (bicyclic) bond motifs is 1. The molecule has 2 atom stereocenters. The van der Waals surface area contributed by atoms with Gasteiger partial charge in [0.1, 0.15) is 5.75 Å². The molecule has 0 heterocycles. The Morgan fingerprint density at radius 3 is 2.56 bits per heavy atom. The first-order valence-corrected chi connectivity index (χ1v) is 9.44. The third kappa shape index (κ3) is 3.90. The summed E-state index contributed by atoms with van der Waals surface area (Å²) in [5.74, 6) is 0.613. The monoisotopic (exact) mass is 365 g/mol. The number of aryl methyl sites for hydroxylation is 3. The Labute approximate surface area is 160 Å². The summed E-state index contributed by atoms with van der Waals surface area (Å²) in [5, 5.41) is 2.96. The van der Waals surface area contributed by atoms with Gasteiger partial charge in [0.15, 0.2) is 12.4 Å². The number of hydrogen-bond donors (Lipinski definition) is 1. The summed E-state index contributed by atoms with van der Waals surface area (Å²) in [6.45, 7) is 10.0. The molecule has 1 N–H and O–H groups in total. The molecule has 0 radical (unpaired) electrons. The molecule has 1 amide bonds. The molecule has 0 spiro atoms. The van der Waals surface area contributed by atoms with Crippen LogP contribution in [-0.4, -0.2) is 18.3 Å². The summed E-state index contributed by atoms with van der Waals surface area (Å²) in [7, 11) is 0. The first-order valence-electron chi connectivity index (χ1n) is 9.44. The zero-order valence-corrected chi connectivity index (χ0v) is 16.7. The van der Waals surface area contributed by atoms with E-state index in [0.717, 1.165) is 16.7 Å². The van der Waals surface area contributed by atoms with Crippen molar-refractivity contribution in [3.63, 3.8) is 0 Å². The second kappa shape index (κ2) is 7.55. The molecule has 0 unspecified atom stereocenters. The van der Waals surface area contributed by atoms with Gasteiger partial charge in [-0.2, -0.15) is 0 Å². The van der Waals surface area contributed by atoms with E-state index in [2.05, 4.69) is 38.2 Å². The fourth-order valence-corrected chi connectivity index (χ4v) is 3.77. The van der Waals surface area contributed by atoms with Crippen molar-refractivity contribution in [2.45, 2.75) is 53.0 Å². The molecule has 1 aliphatic carbocycles. The van der Waals surface area contributed by atoms with E-state index in [1.54, 1.807) is 6.07 Å². The topological polar surface area (TPSA) is 55.4 Å². The normalized spacial score (nSPS) is 16.8. The third-order valence-electron chi connectivity index (χ3n) is 5.46. The van der Waals surface area contributed by atoms with Crippen LogP contribution in [0.5, 0.6) is 5.75 Å². The first kappa shape index (κ1) is 19.2. The number of nitrogens with one attached hydrogen (secondary N) is 1. The van der Waals surface area contributed by atoms with Gasteiger partial charge in [-0.15, -0.1) is 0 Å². The fourth-order valence-electron chi connectivity index (χ4n) is 3.77. The number of carbonyl (C=O) groups is 2. The Morgan fingerprint density at radius 1 is 1.15 bits per heavy atom. The van der Waals surface area contributed by atoms with Crippen molar-refractivity contribution in [3.05, 3.63) is 63.7 Å². The number of hydrogen-bond acceptors (Lipinski definition) is 3. The summed E-state index contributed by atoms with van der Waals surface area (Å²) in [5.41, 5.74) is 6.30. The molecule has 27 heavy (non-hydrogen) atoms. The highest BCUT2D eigenvalue weighted by molar-refractivity contribution is 6.04. The van der Waals surface area contributed by atoms with Crippen LogP contribution in [0.1, 0.15) is 70.4 Å². The molecule has 0 aliphatic heterocycles. The molecule has 0 saturated heterocycles. The van der Waals surface area contributed by atoms with Crippen molar-refractivity contribution in [2.24, 2.45) is 0 Å². The zero-order chi connectivity index (χ0) is 19.7. The lowest BCUT2D eigenvalue weighted by Crippen LogP contribution is -2.31. The highest BCUT2D eigenvalue weighted by Crippen LogP contribution is 2.40. The van der Waals surface area contributed by atoms with Crippen LogP contribution in [-0.2, 0) is 4.79 Å². The molecular formula is C23H27NO3. The smallest absolute Gasteiger partial charge is 0.258 e. The number of carbonyl (C=O) groups excluding carboxylic acids is 2. The molecule has 3 rings (SSSR count). The second-order valence-electron chi connectivity index (χ2n) is 7.62. The molecule has 2 aromatic rings. The van der Waals surface area contributed by atoms with Crippen LogP contribution in [0, 0.1) is 20.8 Å². The lowest BCUT2D eigenvalue weighted by Gasteiger charge is -2.17. The predicted molar refractivity (Wildman–Crippen MR) is 107 cm³/mol. The minimum absolute atomic E-state index is 0.0973. The van der Waals surface area contributed by atoms with Crippen LogP contribution in [0.15, 0.2) is 30.3 Å². The van der Waals surface area contributed by atoms with Gasteiger partial charge in [0, 0.05) is 6.42 Å². The van der Waals surface area contributed by atoms with E-state index in [1.807, 2.05) is 26.0 Å². The molecule has 4 nitrogen and oxygen atoms in total. The largest absolute Gasteiger partial charge is 0.483 e. The molecule has 4 heteroatoms. The lowest BCUT2D eigenvalue weighted by atomic mass is 9.97. The minimum Gasteiger partial charge on any atom is -0.483 e. The van der Waals surface area contributed by atoms with Crippen LogP contribution in [0.4, 0.5) is 0 Å². The SMILES string of the molecule is Cc1ccc([C@@H](C)NC(=O)COc2ccc(C)c3c2C(=O)C[C@H]3C)cc1C. The highest BCUT2D eigenvalue weighted by atomic mass is 16.5. The van der Waals surface area contributed by atoms with E-state index in [1.165, 1.54) is 11.1 Å². The van der Waals surface area contributed by atoms with Crippen LogP contribution < -0.4 is 10.1 Å². The average molecular weight is 365 g/mol. The number of amides is 1. The van der Waals surface area contributed by atoms with Crippen molar-refractivity contribution in [1.82, 2.24) is 5.32 Å². The van der Waals surface area contributed by atoms with Gasteiger partial charge in [-0.05, 0) is 67.5 Å². The van der Waals surface area contributed by atoms with Crippen LogP contribution in [0.2, 0.25) is 0 Å². The van der Waals surface area contributed by atoms with Gasteiger partial charge < -0.3 is 10.1 Å². The van der Waals surface area contributed by atoms with E-state index in [-0.39, 0.29) is 30.3 Å². The van der Waals surface area contributed by atoms with Crippen molar-refractivity contribution >= 4 is 11.7 Å².